The molecule has 114 valence electrons. The number of rotatable bonds is 7. The van der Waals surface area contributed by atoms with Gasteiger partial charge in [0.25, 0.3) is 5.69 Å². The van der Waals surface area contributed by atoms with Crippen molar-refractivity contribution in [3.05, 3.63) is 38.4 Å². The lowest BCUT2D eigenvalue weighted by molar-refractivity contribution is -0.394. The SMILES string of the molecule is CC(=O)OCC(O)COc1ccc([N+](=O)[O-])cc1[N+](=O)[O-]. The van der Waals surface area contributed by atoms with Gasteiger partial charge in [0.1, 0.15) is 19.3 Å². The van der Waals surface area contributed by atoms with Crippen LogP contribution in [0.2, 0.25) is 0 Å². The molecular formula is C11H12N2O8. The summed E-state index contributed by atoms with van der Waals surface area (Å²) in [5.41, 5.74) is -1.04. The van der Waals surface area contributed by atoms with Gasteiger partial charge in [-0.15, -0.1) is 0 Å². The number of benzene rings is 1. The number of carbonyl (C=O) groups excluding carboxylic acids is 1. The Labute approximate surface area is 118 Å². The van der Waals surface area contributed by atoms with Gasteiger partial charge in [0.2, 0.25) is 0 Å². The van der Waals surface area contributed by atoms with Crippen LogP contribution < -0.4 is 4.74 Å². The molecule has 10 nitrogen and oxygen atoms in total. The second kappa shape index (κ2) is 7.14. The van der Waals surface area contributed by atoms with Gasteiger partial charge in [-0.05, 0) is 6.07 Å². The van der Waals surface area contributed by atoms with E-state index in [0.29, 0.717) is 0 Å². The van der Waals surface area contributed by atoms with Crippen molar-refractivity contribution in [3.63, 3.8) is 0 Å². The number of carbonyl (C=O) groups is 1. The number of nitrogens with zero attached hydrogens (tertiary/aromatic N) is 2. The maximum Gasteiger partial charge on any atom is 0.317 e. The molecule has 0 bridgehead atoms. The van der Waals surface area contributed by atoms with E-state index in [-0.39, 0.29) is 19.0 Å². The fraction of sp³-hybridized carbons (Fsp3) is 0.364. The molecule has 0 saturated heterocycles. The van der Waals surface area contributed by atoms with E-state index in [2.05, 4.69) is 4.74 Å². The van der Waals surface area contributed by atoms with Gasteiger partial charge in [-0.1, -0.05) is 0 Å². The van der Waals surface area contributed by atoms with Crippen LogP contribution in [0.3, 0.4) is 0 Å². The lowest BCUT2D eigenvalue weighted by atomic mass is 10.2. The van der Waals surface area contributed by atoms with E-state index in [4.69, 9.17) is 4.74 Å². The van der Waals surface area contributed by atoms with Crippen LogP contribution in [0.5, 0.6) is 5.75 Å². The van der Waals surface area contributed by atoms with Gasteiger partial charge in [0, 0.05) is 13.0 Å². The normalized spacial score (nSPS) is 11.5. The first-order valence-corrected chi connectivity index (χ1v) is 5.68. The van der Waals surface area contributed by atoms with Gasteiger partial charge < -0.3 is 14.6 Å². The summed E-state index contributed by atoms with van der Waals surface area (Å²) in [5.74, 6) is -0.817. The quantitative estimate of drug-likeness (QED) is 0.442. The zero-order valence-corrected chi connectivity index (χ0v) is 10.9. The number of hydrogen-bond donors (Lipinski definition) is 1. The van der Waals surface area contributed by atoms with Gasteiger partial charge in [-0.2, -0.15) is 0 Å². The second-order valence-corrected chi connectivity index (χ2v) is 3.93. The van der Waals surface area contributed by atoms with Crippen LogP contribution in [0.4, 0.5) is 11.4 Å². The van der Waals surface area contributed by atoms with Crippen molar-refractivity contribution in [2.45, 2.75) is 13.0 Å². The molecule has 1 atom stereocenters. The highest BCUT2D eigenvalue weighted by Gasteiger charge is 2.21. The van der Waals surface area contributed by atoms with E-state index in [0.717, 1.165) is 25.1 Å². The minimum atomic E-state index is -1.18. The molecule has 0 amide bonds. The third-order valence-electron chi connectivity index (χ3n) is 2.26. The van der Waals surface area contributed by atoms with Crippen LogP contribution in [0, 0.1) is 20.2 Å². The first-order valence-electron chi connectivity index (χ1n) is 5.68. The lowest BCUT2D eigenvalue weighted by Gasteiger charge is -2.12. The van der Waals surface area contributed by atoms with Gasteiger partial charge in [-0.3, -0.25) is 25.0 Å². The highest BCUT2D eigenvalue weighted by Crippen LogP contribution is 2.30. The van der Waals surface area contributed by atoms with Crippen molar-refractivity contribution in [2.75, 3.05) is 13.2 Å². The number of nitro groups is 2. The fourth-order valence-corrected chi connectivity index (χ4v) is 1.33. The molecule has 1 unspecified atom stereocenters. The summed E-state index contributed by atoms with van der Waals surface area (Å²) in [7, 11) is 0. The van der Waals surface area contributed by atoms with Crippen molar-refractivity contribution in [2.24, 2.45) is 0 Å². The molecule has 10 heteroatoms. The standard InChI is InChI=1S/C11H12N2O8/c1-7(14)20-5-9(15)6-21-11-3-2-8(12(16)17)4-10(11)13(18)19/h2-4,9,15H,5-6H2,1H3. The third-order valence-corrected chi connectivity index (χ3v) is 2.26. The minimum Gasteiger partial charge on any atom is -0.484 e. The first kappa shape index (κ1) is 16.3. The van der Waals surface area contributed by atoms with Crippen LogP contribution in [0.1, 0.15) is 6.92 Å². The number of aliphatic hydroxyl groups is 1. The zero-order chi connectivity index (χ0) is 16.0. The summed E-state index contributed by atoms with van der Waals surface area (Å²) in [4.78, 5) is 30.3. The highest BCUT2D eigenvalue weighted by atomic mass is 16.6. The molecule has 0 radical (unpaired) electrons. The fourth-order valence-electron chi connectivity index (χ4n) is 1.33. The predicted molar refractivity (Wildman–Crippen MR) is 67.9 cm³/mol. The summed E-state index contributed by atoms with van der Waals surface area (Å²) < 4.78 is 9.55. The molecule has 0 aliphatic carbocycles. The molecule has 0 heterocycles. The monoisotopic (exact) mass is 300 g/mol. The number of ether oxygens (including phenoxy) is 2. The molecule has 0 aliphatic rings. The van der Waals surface area contributed by atoms with E-state index in [9.17, 15) is 30.1 Å². The van der Waals surface area contributed by atoms with Gasteiger partial charge in [0.15, 0.2) is 5.75 Å². The number of esters is 1. The van der Waals surface area contributed by atoms with Crippen LogP contribution in [-0.4, -0.2) is 40.2 Å². The summed E-state index contributed by atoms with van der Waals surface area (Å²) in [6, 6.07) is 2.86. The van der Waals surface area contributed by atoms with Crippen molar-refractivity contribution in [1.29, 1.82) is 0 Å². The van der Waals surface area contributed by atoms with E-state index in [1.165, 1.54) is 0 Å². The third kappa shape index (κ3) is 5.03. The van der Waals surface area contributed by atoms with Gasteiger partial charge >= 0.3 is 11.7 Å². The molecule has 21 heavy (non-hydrogen) atoms. The Morgan fingerprint density at radius 3 is 2.48 bits per heavy atom. The maximum atomic E-state index is 10.8. The maximum absolute atomic E-state index is 10.8. The molecule has 0 fully saturated rings. The van der Waals surface area contributed by atoms with E-state index in [1.807, 2.05) is 0 Å². The largest absolute Gasteiger partial charge is 0.484 e. The molecule has 0 spiro atoms. The van der Waals surface area contributed by atoms with E-state index >= 15 is 0 Å². The Kier molecular flexibility index (Phi) is 5.55. The lowest BCUT2D eigenvalue weighted by Crippen LogP contribution is -2.24. The molecule has 1 aromatic carbocycles. The molecular weight excluding hydrogens is 288 g/mol. The molecule has 1 rings (SSSR count). The predicted octanol–water partition coefficient (Wildman–Crippen LogP) is 0.806. The number of non-ortho nitro benzene ring substituents is 1. The number of nitro benzene ring substituents is 2. The van der Waals surface area contributed by atoms with Gasteiger partial charge in [-0.25, -0.2) is 0 Å². The average Bonchev–Trinajstić information content (AvgIpc) is 2.42. The van der Waals surface area contributed by atoms with Crippen molar-refractivity contribution < 1.29 is 29.2 Å². The Hall–Kier alpha value is -2.75. The summed E-state index contributed by atoms with van der Waals surface area (Å²) in [6.07, 6.45) is -1.18. The minimum absolute atomic E-state index is 0.229. The first-order chi connectivity index (χ1) is 9.81. The smallest absolute Gasteiger partial charge is 0.317 e. The Morgan fingerprint density at radius 2 is 1.95 bits per heavy atom. The number of aliphatic hydroxyl groups excluding tert-OH is 1. The van der Waals surface area contributed by atoms with Crippen molar-refractivity contribution >= 4 is 17.3 Å². The summed E-state index contributed by atoms with van der Waals surface area (Å²) in [6.45, 7) is 0.469. The van der Waals surface area contributed by atoms with Crippen molar-refractivity contribution in [3.8, 4) is 5.75 Å². The average molecular weight is 300 g/mol. The molecule has 1 N–H and O–H groups in total. The Bertz CT molecular complexity index is 559. The summed E-state index contributed by atoms with van der Waals surface area (Å²) in [5, 5.41) is 30.8. The second-order valence-electron chi connectivity index (χ2n) is 3.93. The van der Waals surface area contributed by atoms with Crippen LogP contribution >= 0.6 is 0 Å². The zero-order valence-electron chi connectivity index (χ0n) is 10.9. The Balaban J connectivity index is 2.76. The van der Waals surface area contributed by atoms with Crippen LogP contribution in [-0.2, 0) is 9.53 Å². The number of hydrogen-bond acceptors (Lipinski definition) is 8. The summed E-state index contributed by atoms with van der Waals surface area (Å²) >= 11 is 0. The highest BCUT2D eigenvalue weighted by molar-refractivity contribution is 5.65. The van der Waals surface area contributed by atoms with Crippen LogP contribution in [0.15, 0.2) is 18.2 Å². The van der Waals surface area contributed by atoms with E-state index < -0.39 is 33.3 Å². The van der Waals surface area contributed by atoms with Crippen LogP contribution in [0.25, 0.3) is 0 Å². The van der Waals surface area contributed by atoms with Crippen molar-refractivity contribution in [1.82, 2.24) is 0 Å². The molecule has 0 aliphatic heterocycles. The topological polar surface area (TPSA) is 142 Å². The van der Waals surface area contributed by atoms with E-state index in [1.54, 1.807) is 0 Å². The molecule has 0 aromatic heterocycles. The molecule has 0 saturated carbocycles. The molecule has 1 aromatic rings. The van der Waals surface area contributed by atoms with Gasteiger partial charge in [0.05, 0.1) is 15.9 Å². The Morgan fingerprint density at radius 1 is 1.29 bits per heavy atom.